The van der Waals surface area contributed by atoms with E-state index in [1.807, 2.05) is 26.0 Å². The van der Waals surface area contributed by atoms with Crippen LogP contribution in [0.2, 0.25) is 0 Å². The first kappa shape index (κ1) is 9.04. The molecular weight excluding hydrogens is 152 g/mol. The van der Waals surface area contributed by atoms with Gasteiger partial charge in [0.25, 0.3) is 0 Å². The van der Waals surface area contributed by atoms with Crippen molar-refractivity contribution in [2.75, 3.05) is 0 Å². The monoisotopic (exact) mass is 166 g/mol. The number of hydrogen-bond acceptors (Lipinski definition) is 2. The molecule has 1 aromatic rings. The minimum Gasteiger partial charge on any atom is -0.469 e. The Kier molecular flexibility index (Phi) is 2.36. The molecule has 0 bridgehead atoms. The largest absolute Gasteiger partial charge is 0.469 e. The molecule has 0 unspecified atom stereocenters. The van der Waals surface area contributed by atoms with E-state index in [1.54, 1.807) is 13.2 Å². The molecule has 0 saturated carbocycles. The van der Waals surface area contributed by atoms with Crippen molar-refractivity contribution in [3.05, 3.63) is 24.2 Å². The molecule has 1 rings (SSSR count). The van der Waals surface area contributed by atoms with Crippen LogP contribution < -0.4 is 0 Å². The van der Waals surface area contributed by atoms with Crippen molar-refractivity contribution in [1.82, 2.24) is 0 Å². The van der Waals surface area contributed by atoms with Crippen LogP contribution in [0.5, 0.6) is 0 Å². The van der Waals surface area contributed by atoms with Crippen LogP contribution in [0.4, 0.5) is 0 Å². The van der Waals surface area contributed by atoms with Crippen molar-refractivity contribution < 1.29 is 9.21 Å². The number of hydrogen-bond donors (Lipinski definition) is 0. The van der Waals surface area contributed by atoms with Crippen LogP contribution in [-0.4, -0.2) is 5.78 Å². The number of furan rings is 1. The van der Waals surface area contributed by atoms with E-state index in [9.17, 15) is 4.79 Å². The van der Waals surface area contributed by atoms with Crippen LogP contribution in [0.15, 0.2) is 22.8 Å². The normalized spacial score (nSPS) is 11.6. The van der Waals surface area contributed by atoms with E-state index < -0.39 is 0 Å². The van der Waals surface area contributed by atoms with Gasteiger partial charge in [0, 0.05) is 11.8 Å². The first-order chi connectivity index (χ1) is 5.52. The second-order valence-corrected chi connectivity index (χ2v) is 3.74. The van der Waals surface area contributed by atoms with Gasteiger partial charge < -0.3 is 4.42 Å². The second-order valence-electron chi connectivity index (χ2n) is 3.74. The first-order valence-electron chi connectivity index (χ1n) is 4.06. The highest BCUT2D eigenvalue weighted by Gasteiger charge is 2.24. The summed E-state index contributed by atoms with van der Waals surface area (Å²) in [5.74, 6) is 1.06. The minimum absolute atomic E-state index is 0.171. The lowest BCUT2D eigenvalue weighted by Gasteiger charge is -2.19. The number of carbonyl (C=O) groups excluding carboxylic acids is 1. The Morgan fingerprint density at radius 1 is 1.58 bits per heavy atom. The summed E-state index contributed by atoms with van der Waals surface area (Å²) < 4.78 is 5.25. The third-order valence-corrected chi connectivity index (χ3v) is 1.88. The molecule has 2 heteroatoms. The van der Waals surface area contributed by atoms with Crippen LogP contribution in [0, 0.1) is 0 Å². The number of ketones is 1. The molecule has 66 valence electrons. The van der Waals surface area contributed by atoms with E-state index in [-0.39, 0.29) is 11.2 Å². The van der Waals surface area contributed by atoms with Crippen LogP contribution in [0.25, 0.3) is 0 Å². The topological polar surface area (TPSA) is 30.2 Å². The van der Waals surface area contributed by atoms with Crippen LogP contribution >= 0.6 is 0 Å². The molecular formula is C10H14O2. The third-order valence-electron chi connectivity index (χ3n) is 1.88. The molecule has 2 nitrogen and oxygen atoms in total. The summed E-state index contributed by atoms with van der Waals surface area (Å²) in [6, 6.07) is 3.75. The van der Waals surface area contributed by atoms with Crippen LogP contribution in [0.1, 0.15) is 33.0 Å². The van der Waals surface area contributed by atoms with Gasteiger partial charge in [-0.3, -0.25) is 4.79 Å². The molecule has 0 N–H and O–H groups in total. The first-order valence-corrected chi connectivity index (χ1v) is 4.06. The summed E-state index contributed by atoms with van der Waals surface area (Å²) in [6.07, 6.45) is 2.16. The summed E-state index contributed by atoms with van der Waals surface area (Å²) in [5.41, 5.74) is -0.171. The Morgan fingerprint density at radius 2 is 2.25 bits per heavy atom. The van der Waals surface area contributed by atoms with Gasteiger partial charge >= 0.3 is 0 Å². The predicted molar refractivity (Wildman–Crippen MR) is 47.0 cm³/mol. The fraction of sp³-hybridized carbons (Fsp3) is 0.500. The lowest BCUT2D eigenvalue weighted by molar-refractivity contribution is -0.118. The molecule has 0 fully saturated rings. The van der Waals surface area contributed by atoms with Gasteiger partial charge in [0.15, 0.2) is 0 Å². The SMILES string of the molecule is CC(=O)CC(C)(C)c1ccco1. The maximum atomic E-state index is 10.9. The summed E-state index contributed by atoms with van der Waals surface area (Å²) in [7, 11) is 0. The van der Waals surface area contributed by atoms with E-state index in [2.05, 4.69) is 0 Å². The molecule has 1 heterocycles. The van der Waals surface area contributed by atoms with E-state index in [1.165, 1.54) is 0 Å². The fourth-order valence-corrected chi connectivity index (χ4v) is 1.37. The summed E-state index contributed by atoms with van der Waals surface area (Å²) in [5, 5.41) is 0. The van der Waals surface area contributed by atoms with Crippen molar-refractivity contribution in [3.63, 3.8) is 0 Å². The van der Waals surface area contributed by atoms with Crippen molar-refractivity contribution in [2.45, 2.75) is 32.6 Å². The maximum absolute atomic E-state index is 10.9. The average Bonchev–Trinajstić information content (AvgIpc) is 2.32. The lowest BCUT2D eigenvalue weighted by Crippen LogP contribution is -2.19. The van der Waals surface area contributed by atoms with Gasteiger partial charge in [0.05, 0.1) is 6.26 Å². The molecule has 0 atom stereocenters. The number of Topliss-reactive ketones (excluding diaryl/α,β-unsaturated/α-hetero) is 1. The van der Waals surface area contributed by atoms with Crippen molar-refractivity contribution in [3.8, 4) is 0 Å². The van der Waals surface area contributed by atoms with Gasteiger partial charge in [0.1, 0.15) is 11.5 Å². The Morgan fingerprint density at radius 3 is 2.67 bits per heavy atom. The summed E-state index contributed by atoms with van der Waals surface area (Å²) >= 11 is 0. The summed E-state index contributed by atoms with van der Waals surface area (Å²) in [6.45, 7) is 5.62. The second kappa shape index (κ2) is 3.13. The maximum Gasteiger partial charge on any atom is 0.130 e. The molecule has 0 spiro atoms. The van der Waals surface area contributed by atoms with Gasteiger partial charge in [-0.2, -0.15) is 0 Å². The molecule has 0 amide bonds. The van der Waals surface area contributed by atoms with Gasteiger partial charge in [-0.25, -0.2) is 0 Å². The average molecular weight is 166 g/mol. The number of rotatable bonds is 3. The molecule has 0 radical (unpaired) electrons. The molecule has 0 saturated heterocycles. The molecule has 0 aliphatic carbocycles. The highest BCUT2D eigenvalue weighted by molar-refractivity contribution is 5.76. The van der Waals surface area contributed by atoms with Crippen molar-refractivity contribution in [2.24, 2.45) is 0 Å². The van der Waals surface area contributed by atoms with Crippen LogP contribution in [0.3, 0.4) is 0 Å². The zero-order valence-corrected chi connectivity index (χ0v) is 7.76. The Hall–Kier alpha value is -1.05. The van der Waals surface area contributed by atoms with E-state index >= 15 is 0 Å². The zero-order chi connectivity index (χ0) is 9.19. The van der Waals surface area contributed by atoms with Gasteiger partial charge in [-0.1, -0.05) is 13.8 Å². The van der Waals surface area contributed by atoms with Crippen molar-refractivity contribution >= 4 is 5.78 Å². The Labute approximate surface area is 72.6 Å². The van der Waals surface area contributed by atoms with E-state index in [0.717, 1.165) is 5.76 Å². The number of carbonyl (C=O) groups is 1. The van der Waals surface area contributed by atoms with Gasteiger partial charge in [-0.05, 0) is 19.1 Å². The predicted octanol–water partition coefficient (Wildman–Crippen LogP) is 2.54. The Balaban J connectivity index is 2.79. The molecule has 0 aromatic carbocycles. The molecule has 0 aliphatic rings. The summed E-state index contributed by atoms with van der Waals surface area (Å²) in [4.78, 5) is 10.9. The van der Waals surface area contributed by atoms with Crippen molar-refractivity contribution in [1.29, 1.82) is 0 Å². The lowest BCUT2D eigenvalue weighted by atomic mass is 9.85. The minimum atomic E-state index is -0.171. The molecule has 12 heavy (non-hydrogen) atoms. The van der Waals surface area contributed by atoms with Crippen LogP contribution in [-0.2, 0) is 10.2 Å². The smallest absolute Gasteiger partial charge is 0.130 e. The van der Waals surface area contributed by atoms with E-state index in [0.29, 0.717) is 6.42 Å². The Bertz CT molecular complexity index is 257. The fourth-order valence-electron chi connectivity index (χ4n) is 1.37. The standard InChI is InChI=1S/C10H14O2/c1-8(11)7-10(2,3)9-5-4-6-12-9/h4-6H,7H2,1-3H3. The zero-order valence-electron chi connectivity index (χ0n) is 7.76. The highest BCUT2D eigenvalue weighted by atomic mass is 16.3. The molecule has 1 aromatic heterocycles. The van der Waals surface area contributed by atoms with Gasteiger partial charge in [0.2, 0.25) is 0 Å². The van der Waals surface area contributed by atoms with Gasteiger partial charge in [-0.15, -0.1) is 0 Å². The van der Waals surface area contributed by atoms with E-state index in [4.69, 9.17) is 4.42 Å². The third kappa shape index (κ3) is 1.97. The highest BCUT2D eigenvalue weighted by Crippen LogP contribution is 2.27. The quantitative estimate of drug-likeness (QED) is 0.690. The molecule has 0 aliphatic heterocycles.